The van der Waals surface area contributed by atoms with E-state index in [1.54, 1.807) is 0 Å². The summed E-state index contributed by atoms with van der Waals surface area (Å²) in [6.45, 7) is 2.30. The van der Waals surface area contributed by atoms with Crippen molar-refractivity contribution >= 4 is 15.9 Å². The van der Waals surface area contributed by atoms with E-state index in [0.717, 1.165) is 10.0 Å². The molecule has 0 amide bonds. The summed E-state index contributed by atoms with van der Waals surface area (Å²) < 4.78 is 6.04. The molecule has 3 aromatic rings. The molecule has 0 N–H and O–H groups in total. The standard InChI is InChI=1S/C12H11BrN6O/c1-2-11-14-10(17-20-11)7-19-16-12(15-18-19)8-3-5-9(13)6-4-8/h3-6H,2,7H2,1H3. The lowest BCUT2D eigenvalue weighted by Crippen LogP contribution is -2.05. The number of hydrogen-bond donors (Lipinski definition) is 0. The van der Waals surface area contributed by atoms with E-state index in [4.69, 9.17) is 4.52 Å². The first kappa shape index (κ1) is 12.9. The van der Waals surface area contributed by atoms with Crippen molar-refractivity contribution in [3.8, 4) is 11.4 Å². The van der Waals surface area contributed by atoms with Gasteiger partial charge in [0.05, 0.1) is 0 Å². The van der Waals surface area contributed by atoms with Gasteiger partial charge in [-0.25, -0.2) is 0 Å². The van der Waals surface area contributed by atoms with Gasteiger partial charge in [-0.2, -0.15) is 9.78 Å². The highest BCUT2D eigenvalue weighted by Crippen LogP contribution is 2.17. The molecule has 0 radical (unpaired) electrons. The number of aryl methyl sites for hydroxylation is 1. The van der Waals surface area contributed by atoms with Gasteiger partial charge in [0.2, 0.25) is 11.7 Å². The molecule has 3 rings (SSSR count). The average molecular weight is 335 g/mol. The van der Waals surface area contributed by atoms with Crippen LogP contribution in [0.5, 0.6) is 0 Å². The zero-order chi connectivity index (χ0) is 13.9. The largest absolute Gasteiger partial charge is 0.339 e. The van der Waals surface area contributed by atoms with E-state index in [0.29, 0.717) is 30.5 Å². The Morgan fingerprint density at radius 1 is 1.25 bits per heavy atom. The van der Waals surface area contributed by atoms with Gasteiger partial charge in [0, 0.05) is 16.5 Å². The summed E-state index contributed by atoms with van der Waals surface area (Å²) in [5, 5.41) is 16.2. The topological polar surface area (TPSA) is 82.5 Å². The van der Waals surface area contributed by atoms with Crippen LogP contribution in [-0.4, -0.2) is 30.3 Å². The summed E-state index contributed by atoms with van der Waals surface area (Å²) in [5.74, 6) is 1.71. The third-order valence-corrected chi connectivity index (χ3v) is 3.18. The van der Waals surface area contributed by atoms with Gasteiger partial charge in [0.15, 0.2) is 5.82 Å². The Hall–Kier alpha value is -2.09. The van der Waals surface area contributed by atoms with Crippen LogP contribution in [0.25, 0.3) is 11.4 Å². The zero-order valence-corrected chi connectivity index (χ0v) is 12.3. The molecule has 0 aliphatic carbocycles. The first-order valence-corrected chi connectivity index (χ1v) is 6.89. The Morgan fingerprint density at radius 2 is 2.05 bits per heavy atom. The third-order valence-electron chi connectivity index (χ3n) is 2.65. The number of aromatic nitrogens is 6. The number of halogens is 1. The molecular formula is C12H11BrN6O. The number of benzene rings is 1. The first-order chi connectivity index (χ1) is 9.74. The summed E-state index contributed by atoms with van der Waals surface area (Å²) in [5.41, 5.74) is 0.904. The maximum atomic E-state index is 5.04. The van der Waals surface area contributed by atoms with Gasteiger partial charge in [-0.3, -0.25) is 0 Å². The van der Waals surface area contributed by atoms with Crippen LogP contribution >= 0.6 is 15.9 Å². The molecule has 0 aliphatic rings. The van der Waals surface area contributed by atoms with Crippen LogP contribution in [0.15, 0.2) is 33.3 Å². The number of rotatable bonds is 4. The molecule has 2 heterocycles. The van der Waals surface area contributed by atoms with Crippen LogP contribution in [0, 0.1) is 0 Å². The van der Waals surface area contributed by atoms with Gasteiger partial charge >= 0.3 is 0 Å². The van der Waals surface area contributed by atoms with Gasteiger partial charge < -0.3 is 4.52 Å². The van der Waals surface area contributed by atoms with E-state index in [-0.39, 0.29) is 0 Å². The maximum Gasteiger partial charge on any atom is 0.226 e. The fourth-order valence-electron chi connectivity index (χ4n) is 1.65. The molecule has 0 bridgehead atoms. The first-order valence-electron chi connectivity index (χ1n) is 6.10. The number of tetrazole rings is 1. The van der Waals surface area contributed by atoms with Crippen molar-refractivity contribution < 1.29 is 4.52 Å². The van der Waals surface area contributed by atoms with Gasteiger partial charge in [0.25, 0.3) is 0 Å². The van der Waals surface area contributed by atoms with Crippen LogP contribution < -0.4 is 0 Å². The number of nitrogens with zero attached hydrogens (tertiary/aromatic N) is 6. The summed E-state index contributed by atoms with van der Waals surface area (Å²) in [6, 6.07) is 7.72. The van der Waals surface area contributed by atoms with Crippen LogP contribution in [0.2, 0.25) is 0 Å². The van der Waals surface area contributed by atoms with Crippen molar-refractivity contribution in [3.63, 3.8) is 0 Å². The predicted molar refractivity (Wildman–Crippen MR) is 73.7 cm³/mol. The smallest absolute Gasteiger partial charge is 0.226 e. The van der Waals surface area contributed by atoms with Gasteiger partial charge in [-0.05, 0) is 29.5 Å². The fraction of sp³-hybridized carbons (Fsp3) is 0.250. The molecule has 20 heavy (non-hydrogen) atoms. The van der Waals surface area contributed by atoms with E-state index in [2.05, 4.69) is 41.5 Å². The summed E-state index contributed by atoms with van der Waals surface area (Å²) in [6.07, 6.45) is 0.710. The minimum Gasteiger partial charge on any atom is -0.339 e. The molecule has 0 saturated heterocycles. The lowest BCUT2D eigenvalue weighted by Gasteiger charge is -1.94. The van der Waals surface area contributed by atoms with Crippen LogP contribution in [0.1, 0.15) is 18.6 Å². The normalized spacial score (nSPS) is 10.9. The maximum absolute atomic E-state index is 5.04. The molecule has 102 valence electrons. The van der Waals surface area contributed by atoms with Crippen molar-refractivity contribution in [2.24, 2.45) is 0 Å². The predicted octanol–water partition coefficient (Wildman–Crippen LogP) is 2.10. The second-order valence-electron chi connectivity index (χ2n) is 4.11. The van der Waals surface area contributed by atoms with Gasteiger partial charge in [-0.15, -0.1) is 10.2 Å². The molecule has 7 nitrogen and oxygen atoms in total. The molecule has 0 fully saturated rings. The van der Waals surface area contributed by atoms with E-state index in [1.165, 1.54) is 4.80 Å². The minimum absolute atomic E-state index is 0.340. The quantitative estimate of drug-likeness (QED) is 0.726. The monoisotopic (exact) mass is 334 g/mol. The minimum atomic E-state index is 0.340. The Balaban J connectivity index is 1.78. The molecule has 2 aromatic heterocycles. The third kappa shape index (κ3) is 2.74. The van der Waals surface area contributed by atoms with Crippen molar-refractivity contribution in [1.29, 1.82) is 0 Å². The van der Waals surface area contributed by atoms with Crippen LogP contribution in [0.4, 0.5) is 0 Å². The van der Waals surface area contributed by atoms with Crippen molar-refractivity contribution in [2.75, 3.05) is 0 Å². The van der Waals surface area contributed by atoms with E-state index < -0.39 is 0 Å². The zero-order valence-electron chi connectivity index (χ0n) is 10.7. The second-order valence-corrected chi connectivity index (χ2v) is 5.02. The number of hydrogen-bond acceptors (Lipinski definition) is 6. The Labute approximate surface area is 123 Å². The highest BCUT2D eigenvalue weighted by atomic mass is 79.9. The van der Waals surface area contributed by atoms with E-state index >= 15 is 0 Å². The molecular weight excluding hydrogens is 324 g/mol. The van der Waals surface area contributed by atoms with Crippen molar-refractivity contribution in [2.45, 2.75) is 19.9 Å². The summed E-state index contributed by atoms with van der Waals surface area (Å²) >= 11 is 3.39. The summed E-state index contributed by atoms with van der Waals surface area (Å²) in [4.78, 5) is 5.65. The Kier molecular flexibility index (Phi) is 3.55. The molecule has 0 aliphatic heterocycles. The summed E-state index contributed by atoms with van der Waals surface area (Å²) in [7, 11) is 0. The molecule has 0 spiro atoms. The molecule has 0 unspecified atom stereocenters. The highest BCUT2D eigenvalue weighted by Gasteiger charge is 2.09. The molecule has 8 heteroatoms. The lowest BCUT2D eigenvalue weighted by atomic mass is 10.2. The molecule has 0 saturated carbocycles. The molecule has 1 aromatic carbocycles. The van der Waals surface area contributed by atoms with E-state index in [9.17, 15) is 0 Å². The van der Waals surface area contributed by atoms with Crippen molar-refractivity contribution in [3.05, 3.63) is 40.5 Å². The SMILES string of the molecule is CCc1nc(Cn2nnc(-c3ccc(Br)cc3)n2)no1. The van der Waals surface area contributed by atoms with Gasteiger partial charge in [-0.1, -0.05) is 28.0 Å². The van der Waals surface area contributed by atoms with Crippen LogP contribution in [0.3, 0.4) is 0 Å². The van der Waals surface area contributed by atoms with Crippen molar-refractivity contribution in [1.82, 2.24) is 30.3 Å². The average Bonchev–Trinajstić information content (AvgIpc) is 3.09. The fourth-order valence-corrected chi connectivity index (χ4v) is 1.91. The van der Waals surface area contributed by atoms with Gasteiger partial charge in [0.1, 0.15) is 6.54 Å². The highest BCUT2D eigenvalue weighted by molar-refractivity contribution is 9.10. The Bertz CT molecular complexity index is 705. The lowest BCUT2D eigenvalue weighted by molar-refractivity contribution is 0.373. The Morgan fingerprint density at radius 3 is 2.75 bits per heavy atom. The molecule has 0 atom stereocenters. The second kappa shape index (κ2) is 5.49. The van der Waals surface area contributed by atoms with Crippen LogP contribution in [-0.2, 0) is 13.0 Å². The van der Waals surface area contributed by atoms with E-state index in [1.807, 2.05) is 31.2 Å².